The second-order valence-corrected chi connectivity index (χ2v) is 5.06. The van der Waals surface area contributed by atoms with Crippen LogP contribution in [0.1, 0.15) is 35.7 Å². The Labute approximate surface area is 123 Å². The van der Waals surface area contributed by atoms with Crippen molar-refractivity contribution in [3.63, 3.8) is 0 Å². The van der Waals surface area contributed by atoms with Gasteiger partial charge in [0, 0.05) is 11.6 Å². The average Bonchev–Trinajstić information content (AvgIpc) is 3.30. The van der Waals surface area contributed by atoms with Crippen LogP contribution in [0.2, 0.25) is 0 Å². The first-order valence-electron chi connectivity index (χ1n) is 7.11. The number of aromatic nitrogens is 1. The molecule has 0 radical (unpaired) electrons. The van der Waals surface area contributed by atoms with Gasteiger partial charge in [0.05, 0.1) is 18.3 Å². The van der Waals surface area contributed by atoms with Crippen molar-refractivity contribution in [3.8, 4) is 5.75 Å². The molecule has 0 saturated heterocycles. The number of carbonyl (C=O) groups is 1. The summed E-state index contributed by atoms with van der Waals surface area (Å²) in [5, 5.41) is 0.855. The minimum Gasteiger partial charge on any atom is -0.488 e. The lowest BCUT2D eigenvalue weighted by Gasteiger charge is -2.11. The van der Waals surface area contributed by atoms with Crippen LogP contribution in [-0.2, 0) is 4.74 Å². The molecule has 0 aliphatic heterocycles. The fraction of sp³-hybridized carbons (Fsp3) is 0.294. The van der Waals surface area contributed by atoms with E-state index in [1.807, 2.05) is 6.07 Å². The Balaban J connectivity index is 2.10. The molecule has 0 spiro atoms. The van der Waals surface area contributed by atoms with Crippen LogP contribution >= 0.6 is 0 Å². The van der Waals surface area contributed by atoms with Gasteiger partial charge in [0.25, 0.3) is 0 Å². The van der Waals surface area contributed by atoms with Crippen LogP contribution in [0.3, 0.4) is 0 Å². The van der Waals surface area contributed by atoms with Crippen LogP contribution in [0.4, 0.5) is 0 Å². The van der Waals surface area contributed by atoms with E-state index in [0.29, 0.717) is 17.9 Å². The highest BCUT2D eigenvalue weighted by Gasteiger charge is 2.25. The van der Waals surface area contributed by atoms with Crippen molar-refractivity contribution in [2.75, 3.05) is 6.61 Å². The maximum Gasteiger partial charge on any atom is 0.338 e. The maximum atomic E-state index is 12.0. The van der Waals surface area contributed by atoms with Gasteiger partial charge in [0.1, 0.15) is 11.3 Å². The zero-order valence-corrected chi connectivity index (χ0v) is 12.0. The Kier molecular flexibility index (Phi) is 3.60. The fourth-order valence-corrected chi connectivity index (χ4v) is 2.13. The molecule has 2 aromatic rings. The quantitative estimate of drug-likeness (QED) is 0.787. The van der Waals surface area contributed by atoms with Crippen molar-refractivity contribution in [1.82, 2.24) is 4.98 Å². The number of pyridine rings is 1. The molecule has 108 valence electrons. The van der Waals surface area contributed by atoms with Gasteiger partial charge in [-0.05, 0) is 43.5 Å². The normalized spacial score (nSPS) is 14.0. The molecule has 1 aromatic heterocycles. The summed E-state index contributed by atoms with van der Waals surface area (Å²) < 4.78 is 11.0. The molecule has 1 fully saturated rings. The van der Waals surface area contributed by atoms with Crippen molar-refractivity contribution in [3.05, 3.63) is 42.1 Å². The zero-order chi connectivity index (χ0) is 14.8. The van der Waals surface area contributed by atoms with E-state index in [-0.39, 0.29) is 12.1 Å². The molecule has 1 heterocycles. The monoisotopic (exact) mass is 283 g/mol. The smallest absolute Gasteiger partial charge is 0.338 e. The molecule has 0 bridgehead atoms. The minimum absolute atomic E-state index is 0.242. The van der Waals surface area contributed by atoms with E-state index in [0.717, 1.165) is 29.3 Å². The Bertz CT molecular complexity index is 704. The van der Waals surface area contributed by atoms with Crippen molar-refractivity contribution < 1.29 is 14.3 Å². The molecule has 4 nitrogen and oxygen atoms in total. The molecular weight excluding hydrogens is 266 g/mol. The molecule has 0 atom stereocenters. The lowest BCUT2D eigenvalue weighted by atomic mass is 10.1. The topological polar surface area (TPSA) is 48.4 Å². The lowest BCUT2D eigenvalue weighted by molar-refractivity contribution is 0.0526. The summed E-state index contributed by atoms with van der Waals surface area (Å²) in [7, 11) is 0. The van der Waals surface area contributed by atoms with Crippen LogP contribution in [-0.4, -0.2) is 23.7 Å². The highest BCUT2D eigenvalue weighted by molar-refractivity contribution is 5.97. The van der Waals surface area contributed by atoms with Gasteiger partial charge in [0.2, 0.25) is 0 Å². The number of nitrogens with zero attached hydrogens (tertiary/aromatic N) is 1. The van der Waals surface area contributed by atoms with E-state index < -0.39 is 0 Å². The van der Waals surface area contributed by atoms with Crippen molar-refractivity contribution in [2.45, 2.75) is 25.9 Å². The molecule has 21 heavy (non-hydrogen) atoms. The van der Waals surface area contributed by atoms with E-state index in [9.17, 15) is 4.79 Å². The predicted octanol–water partition coefficient (Wildman–Crippen LogP) is 3.60. The van der Waals surface area contributed by atoms with E-state index in [2.05, 4.69) is 11.6 Å². The summed E-state index contributed by atoms with van der Waals surface area (Å²) in [5.74, 6) is 0.303. The highest BCUT2D eigenvalue weighted by atomic mass is 16.5. The summed E-state index contributed by atoms with van der Waals surface area (Å²) >= 11 is 0. The second-order valence-electron chi connectivity index (χ2n) is 5.06. The minimum atomic E-state index is -0.343. The van der Waals surface area contributed by atoms with Crippen LogP contribution in [0.5, 0.6) is 5.75 Å². The first-order valence-corrected chi connectivity index (χ1v) is 7.11. The van der Waals surface area contributed by atoms with Gasteiger partial charge in [-0.15, -0.1) is 0 Å². The molecule has 1 aromatic carbocycles. The molecule has 1 aliphatic rings. The molecule has 1 aliphatic carbocycles. The van der Waals surface area contributed by atoms with E-state index >= 15 is 0 Å². The molecular formula is C17H17NO3. The van der Waals surface area contributed by atoms with Gasteiger partial charge in [-0.2, -0.15) is 0 Å². The van der Waals surface area contributed by atoms with Crippen LogP contribution < -0.4 is 4.74 Å². The number of benzene rings is 1. The molecule has 3 rings (SSSR count). The highest BCUT2D eigenvalue weighted by Crippen LogP contribution is 2.33. The lowest BCUT2D eigenvalue weighted by Crippen LogP contribution is -2.06. The first-order chi connectivity index (χ1) is 10.2. The zero-order valence-electron chi connectivity index (χ0n) is 12.0. The van der Waals surface area contributed by atoms with Crippen LogP contribution in [0.25, 0.3) is 17.0 Å². The summed E-state index contributed by atoms with van der Waals surface area (Å²) in [4.78, 5) is 16.4. The van der Waals surface area contributed by atoms with Crippen molar-refractivity contribution in [2.24, 2.45) is 0 Å². The molecule has 0 N–H and O–H groups in total. The van der Waals surface area contributed by atoms with Gasteiger partial charge in [-0.1, -0.05) is 12.7 Å². The standard InChI is InChI=1S/C17H17NO3/c1-3-11-7-12-8-13(17(19)20-4-2)9-15(16(12)18-10-11)21-14-5-6-14/h3,7-10,14H,1,4-6H2,2H3. The maximum absolute atomic E-state index is 12.0. The van der Waals surface area contributed by atoms with Crippen molar-refractivity contribution >= 4 is 22.9 Å². The van der Waals surface area contributed by atoms with Gasteiger partial charge < -0.3 is 9.47 Å². The number of carbonyl (C=O) groups excluding carboxylic acids is 1. The Hall–Kier alpha value is -2.36. The summed E-state index contributed by atoms with van der Waals surface area (Å²) in [6.45, 7) is 5.88. The van der Waals surface area contributed by atoms with Gasteiger partial charge in [-0.25, -0.2) is 4.79 Å². The average molecular weight is 283 g/mol. The number of fused-ring (bicyclic) bond motifs is 1. The summed E-state index contributed by atoms with van der Waals surface area (Å²) in [5.41, 5.74) is 2.16. The summed E-state index contributed by atoms with van der Waals surface area (Å²) in [6, 6.07) is 5.45. The van der Waals surface area contributed by atoms with E-state index in [4.69, 9.17) is 9.47 Å². The van der Waals surface area contributed by atoms with Gasteiger partial charge in [-0.3, -0.25) is 4.98 Å². The molecule has 0 amide bonds. The third kappa shape index (κ3) is 2.89. The predicted molar refractivity (Wildman–Crippen MR) is 81.4 cm³/mol. The molecule has 4 heteroatoms. The van der Waals surface area contributed by atoms with Crippen LogP contribution in [0.15, 0.2) is 31.0 Å². The SMILES string of the molecule is C=Cc1cnc2c(OC3CC3)cc(C(=O)OCC)cc2c1. The van der Waals surface area contributed by atoms with E-state index in [1.165, 1.54) is 0 Å². The van der Waals surface area contributed by atoms with E-state index in [1.54, 1.807) is 31.3 Å². The van der Waals surface area contributed by atoms with Gasteiger partial charge >= 0.3 is 5.97 Å². The number of esters is 1. The second kappa shape index (κ2) is 5.56. The third-order valence-corrected chi connectivity index (χ3v) is 3.33. The Morgan fingerprint density at radius 3 is 2.90 bits per heavy atom. The molecule has 1 saturated carbocycles. The fourth-order valence-electron chi connectivity index (χ4n) is 2.13. The number of hydrogen-bond donors (Lipinski definition) is 0. The van der Waals surface area contributed by atoms with Gasteiger partial charge in [0.15, 0.2) is 0 Å². The van der Waals surface area contributed by atoms with Crippen molar-refractivity contribution in [1.29, 1.82) is 0 Å². The number of ether oxygens (including phenoxy) is 2. The van der Waals surface area contributed by atoms with Crippen LogP contribution in [0, 0.1) is 0 Å². The Morgan fingerprint density at radius 2 is 2.24 bits per heavy atom. The summed E-state index contributed by atoms with van der Waals surface area (Å²) in [6.07, 6.45) is 5.82. The first kappa shape index (κ1) is 13.6. The molecule has 0 unspecified atom stereocenters. The third-order valence-electron chi connectivity index (χ3n) is 3.33. The number of hydrogen-bond acceptors (Lipinski definition) is 4. The number of rotatable bonds is 5. The largest absolute Gasteiger partial charge is 0.488 e. The Morgan fingerprint density at radius 1 is 1.43 bits per heavy atom.